The van der Waals surface area contributed by atoms with Crippen molar-refractivity contribution >= 4 is 35.7 Å². The van der Waals surface area contributed by atoms with Gasteiger partial charge in [-0.1, -0.05) is 45.4 Å². The van der Waals surface area contributed by atoms with Gasteiger partial charge in [-0.05, 0) is 25.0 Å². The number of nitrogens with zero attached hydrogens (tertiary/aromatic N) is 10. The summed E-state index contributed by atoms with van der Waals surface area (Å²) in [7, 11) is 8.84. The molecule has 3 heterocycles. The Balaban J connectivity index is 0.000000280. The zero-order valence-electron chi connectivity index (χ0n) is 41.7. The number of aromatic nitrogens is 3. The molecule has 386 valence electrons. The number of aryl methyl sites for hydroxylation is 2. The minimum atomic E-state index is -1.03. The van der Waals surface area contributed by atoms with Crippen LogP contribution in [-0.2, 0) is 67.2 Å². The van der Waals surface area contributed by atoms with Crippen LogP contribution in [0.2, 0.25) is 0 Å². The maximum absolute atomic E-state index is 12.4. The number of aliphatic hydroxyl groups is 2. The number of carbonyl (C=O) groups is 6. The van der Waals surface area contributed by atoms with E-state index in [1.54, 1.807) is 55.0 Å². The number of aromatic hydroxyl groups is 2. The van der Waals surface area contributed by atoms with E-state index in [0.717, 1.165) is 20.9 Å². The number of phenols is 2. The third kappa shape index (κ3) is 13.8. The van der Waals surface area contributed by atoms with Crippen molar-refractivity contribution in [3.63, 3.8) is 0 Å². The first-order valence-electron chi connectivity index (χ1n) is 21.4. The van der Waals surface area contributed by atoms with Crippen LogP contribution in [-0.4, -0.2) is 171 Å². The van der Waals surface area contributed by atoms with Crippen LogP contribution in [0.15, 0.2) is 43.2 Å². The van der Waals surface area contributed by atoms with E-state index in [2.05, 4.69) is 0 Å². The summed E-state index contributed by atoms with van der Waals surface area (Å²) in [6.07, 6.45) is 3.27. The second-order valence-electron chi connectivity index (χ2n) is 15.8. The normalized spacial score (nSPS) is 15.0. The topological polar surface area (TPSA) is 273 Å². The Morgan fingerprint density at radius 1 is 0.543 bits per heavy atom. The van der Waals surface area contributed by atoms with E-state index < -0.39 is 36.2 Å². The highest BCUT2D eigenvalue weighted by Crippen LogP contribution is 2.35. The van der Waals surface area contributed by atoms with Crippen molar-refractivity contribution in [1.82, 2.24) is 19.6 Å². The van der Waals surface area contributed by atoms with Gasteiger partial charge in [0.15, 0.2) is 39.3 Å². The molecule has 2 aliphatic rings. The van der Waals surface area contributed by atoms with Crippen molar-refractivity contribution < 1.29 is 91.6 Å². The first kappa shape index (κ1) is 57.7. The number of hydrogen-bond acceptors (Lipinski definition) is 17. The largest absolute Gasteiger partial charge is 0.507 e. The highest BCUT2D eigenvalue weighted by atomic mass is 16.5. The van der Waals surface area contributed by atoms with Crippen LogP contribution in [0.4, 0.5) is 9.59 Å². The van der Waals surface area contributed by atoms with E-state index in [0.29, 0.717) is 28.7 Å². The molecule has 0 atom stereocenters. The molecule has 4 N–H and O–H groups in total. The molecule has 70 heavy (non-hydrogen) atoms. The number of rotatable bonds is 19. The molecule has 2 aliphatic heterocycles. The van der Waals surface area contributed by atoms with Crippen LogP contribution >= 0.6 is 0 Å². The van der Waals surface area contributed by atoms with Crippen molar-refractivity contribution in [2.24, 2.45) is 0 Å². The smallest absolute Gasteiger partial charge is 0.475 e. The van der Waals surface area contributed by atoms with Crippen molar-refractivity contribution in [2.75, 3.05) is 98.1 Å². The van der Waals surface area contributed by atoms with E-state index in [4.69, 9.17) is 28.4 Å². The Bertz CT molecular complexity index is 2170. The van der Waals surface area contributed by atoms with Gasteiger partial charge in [-0.15, -0.1) is 5.01 Å². The van der Waals surface area contributed by atoms with Crippen LogP contribution in [0, 0.1) is 13.8 Å². The van der Waals surface area contributed by atoms with E-state index in [-0.39, 0.29) is 76.9 Å². The number of amides is 8. The highest BCUT2D eigenvalue weighted by molar-refractivity contribution is 6.02. The monoisotopic (exact) mass is 991 g/mol. The van der Waals surface area contributed by atoms with Gasteiger partial charge in [0.1, 0.15) is 25.0 Å². The van der Waals surface area contributed by atoms with Gasteiger partial charge in [0.2, 0.25) is 11.8 Å². The van der Waals surface area contributed by atoms with Gasteiger partial charge in [0.25, 0.3) is 11.8 Å². The zero-order valence-corrected chi connectivity index (χ0v) is 41.7. The van der Waals surface area contributed by atoms with E-state index in [9.17, 15) is 49.2 Å². The molecule has 0 bridgehead atoms. The third-order valence-corrected chi connectivity index (χ3v) is 10.5. The molecule has 26 nitrogen and oxygen atoms in total. The number of urea groups is 2. The summed E-state index contributed by atoms with van der Waals surface area (Å²) in [5, 5.41) is 43.3. The van der Waals surface area contributed by atoms with Crippen molar-refractivity contribution in [1.29, 1.82) is 0 Å². The lowest BCUT2D eigenvalue weighted by atomic mass is 9.96. The van der Waals surface area contributed by atoms with Crippen molar-refractivity contribution in [3.8, 4) is 11.5 Å². The first-order chi connectivity index (χ1) is 33.2. The molecule has 0 spiro atoms. The van der Waals surface area contributed by atoms with Gasteiger partial charge in [0, 0.05) is 102 Å². The van der Waals surface area contributed by atoms with E-state index >= 15 is 0 Å². The molecule has 8 amide bonds. The van der Waals surface area contributed by atoms with Crippen LogP contribution in [0.3, 0.4) is 0 Å². The summed E-state index contributed by atoms with van der Waals surface area (Å²) >= 11 is 0. The first-order valence-corrected chi connectivity index (χ1v) is 21.4. The van der Waals surface area contributed by atoms with Crippen LogP contribution in [0.25, 0.3) is 0 Å². The summed E-state index contributed by atoms with van der Waals surface area (Å²) in [5.74, 6) is -1.52. The molecule has 0 unspecified atom stereocenters. The van der Waals surface area contributed by atoms with Gasteiger partial charge >= 0.3 is 31.0 Å². The summed E-state index contributed by atoms with van der Waals surface area (Å²) in [5.41, 5.74) is 4.09. The Morgan fingerprint density at radius 2 is 0.886 bits per heavy atom. The Labute approximate surface area is 405 Å². The number of ether oxygens (including phenoxy) is 6. The summed E-state index contributed by atoms with van der Waals surface area (Å²) < 4.78 is 35.2. The molecule has 5 rings (SSSR count). The SMILES string of the molecule is COCN(COC)[n+]1c[n+](N(COC)C(C)=O)c[n+](N(COC)C(C)=O)c1.COCN1C(=O)N(C(C)=O)C2C1N(COC)C(=O)N2C(C)=O.Cc1cc(CO)c(O)c(Cc2cc(C)cc(CO)c2O)c1. The molecule has 0 saturated carbocycles. The van der Waals surface area contributed by atoms with Crippen LogP contribution in [0.1, 0.15) is 61.1 Å². The second kappa shape index (κ2) is 26.9. The second-order valence-corrected chi connectivity index (χ2v) is 15.8. The van der Waals surface area contributed by atoms with Crippen molar-refractivity contribution in [3.05, 3.63) is 76.6 Å². The molecule has 0 radical (unpaired) electrons. The fourth-order valence-corrected chi connectivity index (χ4v) is 7.57. The van der Waals surface area contributed by atoms with Gasteiger partial charge in [-0.2, -0.15) is 0 Å². The number of fused-ring (bicyclic) bond motifs is 1. The van der Waals surface area contributed by atoms with Crippen LogP contribution in [0.5, 0.6) is 11.5 Å². The van der Waals surface area contributed by atoms with Gasteiger partial charge < -0.3 is 48.8 Å². The summed E-state index contributed by atoms with van der Waals surface area (Å²) in [4.78, 5) is 76.8. The lowest BCUT2D eigenvalue weighted by Crippen LogP contribution is -2.77. The Kier molecular flexibility index (Phi) is 22.2. The van der Waals surface area contributed by atoms with Crippen LogP contribution < -0.4 is 29.1 Å². The fourth-order valence-electron chi connectivity index (χ4n) is 7.57. The molecule has 2 aromatic carbocycles. The lowest BCUT2D eigenvalue weighted by Gasteiger charge is -2.27. The number of aliphatic hydroxyl groups excluding tert-OH is 2. The minimum absolute atomic E-state index is 0.0168. The molecule has 3 aromatic rings. The lowest BCUT2D eigenvalue weighted by molar-refractivity contribution is -0.934. The molecule has 2 fully saturated rings. The molecule has 1 aromatic heterocycles. The number of benzene rings is 2. The number of hydrogen-bond donors (Lipinski definition) is 4. The molecule has 0 aliphatic carbocycles. The standard InChI is InChI=1S/C17H20O4.C15H29N6O6.C12H18N4O6/c1-10-3-12(16(20)14(5-10)8-18)7-13-4-11(2)6-15(9-19)17(13)21;1-14(22)20(12-26-5)17-7-16(19(10-24-3)11-25-4)8-18(9-17)21(13-27-6)15(2)23;1-7(17)15-10-9(13(5-21-3)11(15)19)14(6-22-4)12(20)16(10)8(2)18/h3-6,18-21H,7-9H2,1-2H3;7-9H,10-13H2,1-6H3;9-10H,5-6H2,1-4H3/q;+3;. The average Bonchev–Trinajstić information content (AvgIpc) is 3.74. The molecular weight excluding hydrogens is 925 g/mol. The molecular formula is C44H67N10O16+3. The number of imide groups is 2. The maximum atomic E-state index is 12.4. The predicted octanol–water partition coefficient (Wildman–Crippen LogP) is -1.42. The highest BCUT2D eigenvalue weighted by Gasteiger charge is 2.61. The van der Waals surface area contributed by atoms with E-state index in [1.165, 1.54) is 85.3 Å². The minimum Gasteiger partial charge on any atom is -0.507 e. The predicted molar refractivity (Wildman–Crippen MR) is 242 cm³/mol. The van der Waals surface area contributed by atoms with Gasteiger partial charge in [-0.25, -0.2) is 19.4 Å². The quantitative estimate of drug-likeness (QED) is 0.0793. The Morgan fingerprint density at radius 3 is 1.19 bits per heavy atom. The Hall–Kier alpha value is -6.65. The number of methoxy groups -OCH3 is 6. The third-order valence-electron chi connectivity index (χ3n) is 10.5. The van der Waals surface area contributed by atoms with Gasteiger partial charge in [-0.3, -0.25) is 29.0 Å². The van der Waals surface area contributed by atoms with Crippen molar-refractivity contribution in [2.45, 2.75) is 73.5 Å². The maximum Gasteiger partial charge on any atom is 0.475 e. The fraction of sp³-hybridized carbons (Fsp3) is 0.523. The molecule has 2 saturated heterocycles. The average molecular weight is 992 g/mol. The van der Waals surface area contributed by atoms with Gasteiger partial charge in [0.05, 0.1) is 13.2 Å². The summed E-state index contributed by atoms with van der Waals surface area (Å²) in [6, 6.07) is 5.87. The summed E-state index contributed by atoms with van der Waals surface area (Å²) in [6.45, 7) is 8.73. The van der Waals surface area contributed by atoms with E-state index in [1.807, 2.05) is 26.0 Å². The zero-order chi connectivity index (χ0) is 52.6. The number of carbonyl (C=O) groups excluding carboxylic acids is 6. The molecule has 26 heteroatoms.